The fourth-order valence-corrected chi connectivity index (χ4v) is 2.15. The first-order valence-electron chi connectivity index (χ1n) is 5.71. The number of anilines is 1. The third-order valence-corrected chi connectivity index (χ3v) is 3.35. The molecule has 0 aromatic heterocycles. The van der Waals surface area contributed by atoms with Crippen LogP contribution in [-0.4, -0.2) is 0 Å². The zero-order valence-corrected chi connectivity index (χ0v) is 11.7. The quantitative estimate of drug-likeness (QED) is 0.750. The van der Waals surface area contributed by atoms with Crippen LogP contribution in [0.4, 0.5) is 23.2 Å². The number of hydrogen-bond acceptors (Lipinski definition) is 1. The molecule has 2 rings (SSSR count). The SMILES string of the molecule is Fc1ccc(CNc2ccc(C(F)(F)F)cc2Br)cc1. The number of hydrogen-bond donors (Lipinski definition) is 1. The number of halogens is 5. The molecule has 1 N–H and O–H groups in total. The van der Waals surface area contributed by atoms with E-state index in [1.165, 1.54) is 18.2 Å². The van der Waals surface area contributed by atoms with Crippen molar-refractivity contribution in [2.75, 3.05) is 5.32 Å². The van der Waals surface area contributed by atoms with Crippen molar-refractivity contribution < 1.29 is 17.6 Å². The minimum absolute atomic E-state index is 0.328. The Balaban J connectivity index is 2.08. The summed E-state index contributed by atoms with van der Waals surface area (Å²) in [6, 6.07) is 9.28. The molecule has 0 bridgehead atoms. The van der Waals surface area contributed by atoms with E-state index in [2.05, 4.69) is 21.2 Å². The molecule has 0 aliphatic rings. The van der Waals surface area contributed by atoms with Crippen LogP contribution >= 0.6 is 15.9 Å². The van der Waals surface area contributed by atoms with Crippen LogP contribution in [0.2, 0.25) is 0 Å². The van der Waals surface area contributed by atoms with E-state index in [-0.39, 0.29) is 5.82 Å². The predicted molar refractivity (Wildman–Crippen MR) is 72.9 cm³/mol. The molecule has 0 aliphatic carbocycles. The number of benzene rings is 2. The van der Waals surface area contributed by atoms with Crippen LogP contribution in [0, 0.1) is 5.82 Å². The van der Waals surface area contributed by atoms with Crippen LogP contribution in [0.15, 0.2) is 46.9 Å². The minimum atomic E-state index is -4.36. The molecule has 0 fully saturated rings. The Morgan fingerprint density at radius 3 is 2.20 bits per heavy atom. The van der Waals surface area contributed by atoms with Gasteiger partial charge in [-0.25, -0.2) is 4.39 Å². The van der Waals surface area contributed by atoms with Crippen molar-refractivity contribution >= 4 is 21.6 Å². The minimum Gasteiger partial charge on any atom is -0.380 e. The second kappa shape index (κ2) is 5.83. The molecule has 0 unspecified atom stereocenters. The van der Waals surface area contributed by atoms with Crippen LogP contribution in [0.1, 0.15) is 11.1 Å². The first kappa shape index (κ1) is 14.8. The molecule has 0 saturated carbocycles. The van der Waals surface area contributed by atoms with Crippen molar-refractivity contribution in [2.24, 2.45) is 0 Å². The summed E-state index contributed by atoms with van der Waals surface area (Å²) in [6.07, 6.45) is -4.36. The maximum atomic E-state index is 12.7. The highest BCUT2D eigenvalue weighted by Crippen LogP contribution is 2.34. The van der Waals surface area contributed by atoms with Gasteiger partial charge < -0.3 is 5.32 Å². The first-order chi connectivity index (χ1) is 9.36. The van der Waals surface area contributed by atoms with E-state index < -0.39 is 11.7 Å². The van der Waals surface area contributed by atoms with Crippen molar-refractivity contribution in [3.05, 3.63) is 63.9 Å². The highest BCUT2D eigenvalue weighted by Gasteiger charge is 2.30. The van der Waals surface area contributed by atoms with Gasteiger partial charge in [-0.2, -0.15) is 13.2 Å². The molecule has 20 heavy (non-hydrogen) atoms. The highest BCUT2D eigenvalue weighted by molar-refractivity contribution is 9.10. The first-order valence-corrected chi connectivity index (χ1v) is 6.50. The van der Waals surface area contributed by atoms with E-state index in [0.717, 1.165) is 17.7 Å². The molecule has 0 amide bonds. The molecular weight excluding hydrogens is 338 g/mol. The molecule has 0 atom stereocenters. The van der Waals surface area contributed by atoms with Gasteiger partial charge in [0.2, 0.25) is 0 Å². The maximum absolute atomic E-state index is 12.7. The van der Waals surface area contributed by atoms with E-state index in [9.17, 15) is 17.6 Å². The van der Waals surface area contributed by atoms with Gasteiger partial charge in [-0.1, -0.05) is 12.1 Å². The van der Waals surface area contributed by atoms with Gasteiger partial charge >= 0.3 is 6.18 Å². The second-order valence-corrected chi connectivity index (χ2v) is 5.03. The Morgan fingerprint density at radius 1 is 1.00 bits per heavy atom. The van der Waals surface area contributed by atoms with Crippen LogP contribution in [0.5, 0.6) is 0 Å². The van der Waals surface area contributed by atoms with Gasteiger partial charge in [-0.3, -0.25) is 0 Å². The second-order valence-electron chi connectivity index (χ2n) is 4.17. The standard InChI is InChI=1S/C14H10BrF4N/c15-12-7-10(14(17,18)19)3-6-13(12)20-8-9-1-4-11(16)5-2-9/h1-7,20H,8H2. The smallest absolute Gasteiger partial charge is 0.380 e. The van der Waals surface area contributed by atoms with Crippen molar-refractivity contribution in [3.63, 3.8) is 0 Å². The fraction of sp³-hybridized carbons (Fsp3) is 0.143. The Labute approximate surface area is 121 Å². The van der Waals surface area contributed by atoms with E-state index >= 15 is 0 Å². The summed E-state index contributed by atoms with van der Waals surface area (Å²) in [5, 5.41) is 2.99. The van der Waals surface area contributed by atoms with Crippen molar-refractivity contribution in [1.82, 2.24) is 0 Å². The summed E-state index contributed by atoms with van der Waals surface area (Å²) < 4.78 is 50.6. The average molecular weight is 348 g/mol. The molecule has 2 aromatic carbocycles. The lowest BCUT2D eigenvalue weighted by Crippen LogP contribution is -2.06. The summed E-state index contributed by atoms with van der Waals surface area (Å²) >= 11 is 3.10. The molecule has 0 heterocycles. The zero-order valence-electron chi connectivity index (χ0n) is 10.1. The molecule has 6 heteroatoms. The number of alkyl halides is 3. The molecule has 0 aliphatic heterocycles. The van der Waals surface area contributed by atoms with E-state index in [1.807, 2.05) is 0 Å². The Hall–Kier alpha value is -1.56. The Morgan fingerprint density at radius 2 is 1.65 bits per heavy atom. The molecule has 1 nitrogen and oxygen atoms in total. The lowest BCUT2D eigenvalue weighted by Gasteiger charge is -2.12. The number of nitrogens with one attached hydrogen (secondary N) is 1. The van der Waals surface area contributed by atoms with Gasteiger partial charge in [0.15, 0.2) is 0 Å². The molecule has 0 saturated heterocycles. The third kappa shape index (κ3) is 3.72. The normalized spacial score (nSPS) is 11.4. The van der Waals surface area contributed by atoms with Gasteiger partial charge in [-0.05, 0) is 51.8 Å². The van der Waals surface area contributed by atoms with Gasteiger partial charge in [0, 0.05) is 16.7 Å². The maximum Gasteiger partial charge on any atom is 0.416 e. The summed E-state index contributed by atoms with van der Waals surface area (Å²) in [4.78, 5) is 0. The molecule has 2 aromatic rings. The van der Waals surface area contributed by atoms with Crippen LogP contribution < -0.4 is 5.32 Å². The summed E-state index contributed by atoms with van der Waals surface area (Å²) in [5.41, 5.74) is 0.664. The molecular formula is C14H10BrF4N. The Bertz CT molecular complexity index is 593. The molecule has 106 valence electrons. The summed E-state index contributed by atoms with van der Waals surface area (Å²) in [7, 11) is 0. The number of rotatable bonds is 3. The van der Waals surface area contributed by atoms with Crippen LogP contribution in [-0.2, 0) is 12.7 Å². The van der Waals surface area contributed by atoms with Gasteiger partial charge in [0.05, 0.1) is 5.56 Å². The van der Waals surface area contributed by atoms with Crippen molar-refractivity contribution in [1.29, 1.82) is 0 Å². The van der Waals surface area contributed by atoms with Gasteiger partial charge in [0.25, 0.3) is 0 Å². The fourth-order valence-electron chi connectivity index (χ4n) is 1.63. The van der Waals surface area contributed by atoms with Gasteiger partial charge in [0.1, 0.15) is 5.82 Å². The average Bonchev–Trinajstić information content (AvgIpc) is 2.38. The summed E-state index contributed by atoms with van der Waals surface area (Å²) in [5.74, 6) is -0.329. The molecule has 0 radical (unpaired) electrons. The lowest BCUT2D eigenvalue weighted by molar-refractivity contribution is -0.137. The summed E-state index contributed by atoms with van der Waals surface area (Å²) in [6.45, 7) is 0.393. The Kier molecular flexibility index (Phi) is 4.32. The molecule has 0 spiro atoms. The van der Waals surface area contributed by atoms with Gasteiger partial charge in [-0.15, -0.1) is 0 Å². The van der Waals surface area contributed by atoms with Crippen LogP contribution in [0.25, 0.3) is 0 Å². The van der Waals surface area contributed by atoms with Crippen LogP contribution in [0.3, 0.4) is 0 Å². The predicted octanol–water partition coefficient (Wildman–Crippen LogP) is 5.22. The van der Waals surface area contributed by atoms with E-state index in [1.54, 1.807) is 12.1 Å². The topological polar surface area (TPSA) is 12.0 Å². The van der Waals surface area contributed by atoms with E-state index in [4.69, 9.17) is 0 Å². The van der Waals surface area contributed by atoms with E-state index in [0.29, 0.717) is 16.7 Å². The monoisotopic (exact) mass is 347 g/mol. The van der Waals surface area contributed by atoms with Crippen molar-refractivity contribution in [3.8, 4) is 0 Å². The lowest BCUT2D eigenvalue weighted by atomic mass is 10.2. The highest BCUT2D eigenvalue weighted by atomic mass is 79.9. The zero-order chi connectivity index (χ0) is 14.8. The third-order valence-electron chi connectivity index (χ3n) is 2.69. The largest absolute Gasteiger partial charge is 0.416 e. The van der Waals surface area contributed by atoms with Crippen molar-refractivity contribution in [2.45, 2.75) is 12.7 Å².